The molecule has 2 fully saturated rings. The first-order valence-corrected chi connectivity index (χ1v) is 7.66. The molecule has 0 aromatic heterocycles. The summed E-state index contributed by atoms with van der Waals surface area (Å²) in [4.78, 5) is 0. The Morgan fingerprint density at radius 2 is 2.21 bits per heavy atom. The number of likely N-dealkylation sites (N-methyl/N-ethyl adjacent to an activating group) is 1. The molecule has 0 spiro atoms. The van der Waals surface area contributed by atoms with Crippen LogP contribution in [0.3, 0.4) is 0 Å². The molecule has 2 aliphatic carbocycles. The van der Waals surface area contributed by atoms with E-state index in [2.05, 4.69) is 5.32 Å². The lowest BCUT2D eigenvalue weighted by atomic mass is 9.81. The Balaban J connectivity index is 1.71. The van der Waals surface area contributed by atoms with Gasteiger partial charge in [0.1, 0.15) is 5.82 Å². The highest BCUT2D eigenvalue weighted by Gasteiger charge is 2.42. The minimum atomic E-state index is -0.304. The van der Waals surface area contributed by atoms with Gasteiger partial charge in [-0.15, -0.1) is 0 Å². The van der Waals surface area contributed by atoms with Gasteiger partial charge in [0.2, 0.25) is 0 Å². The Morgan fingerprint density at radius 1 is 1.37 bits per heavy atom. The van der Waals surface area contributed by atoms with Crippen LogP contribution < -0.4 is 5.32 Å². The summed E-state index contributed by atoms with van der Waals surface area (Å²) in [7, 11) is 2.03. The molecule has 1 nitrogen and oxygen atoms in total. The molecule has 0 heterocycles. The predicted molar refractivity (Wildman–Crippen MR) is 76.9 cm³/mol. The van der Waals surface area contributed by atoms with Gasteiger partial charge in [-0.05, 0) is 68.2 Å². The van der Waals surface area contributed by atoms with Gasteiger partial charge in [-0.3, -0.25) is 0 Å². The number of halogens is 2. The zero-order valence-electron chi connectivity index (χ0n) is 11.3. The molecule has 4 atom stereocenters. The van der Waals surface area contributed by atoms with E-state index < -0.39 is 0 Å². The van der Waals surface area contributed by atoms with Crippen molar-refractivity contribution in [1.82, 2.24) is 5.32 Å². The molecule has 19 heavy (non-hydrogen) atoms. The molecule has 4 unspecified atom stereocenters. The van der Waals surface area contributed by atoms with Crippen molar-refractivity contribution >= 4 is 11.6 Å². The number of hydrogen-bond acceptors (Lipinski definition) is 1. The van der Waals surface area contributed by atoms with E-state index in [4.69, 9.17) is 11.6 Å². The summed E-state index contributed by atoms with van der Waals surface area (Å²) in [6, 6.07) is 5.67. The van der Waals surface area contributed by atoms with Crippen molar-refractivity contribution in [1.29, 1.82) is 0 Å². The lowest BCUT2D eigenvalue weighted by Gasteiger charge is -2.30. The molecule has 1 aromatic rings. The maximum absolute atomic E-state index is 13.5. The fraction of sp³-hybridized carbons (Fsp3) is 0.625. The molecule has 0 saturated heterocycles. The first-order valence-electron chi connectivity index (χ1n) is 7.28. The molecule has 1 aromatic carbocycles. The van der Waals surface area contributed by atoms with Crippen LogP contribution in [0, 0.1) is 23.6 Å². The van der Waals surface area contributed by atoms with Crippen LogP contribution in [0.1, 0.15) is 31.2 Å². The van der Waals surface area contributed by atoms with Crippen LogP contribution in [0.15, 0.2) is 18.2 Å². The van der Waals surface area contributed by atoms with Gasteiger partial charge in [-0.25, -0.2) is 4.39 Å². The predicted octanol–water partition coefficient (Wildman–Crippen LogP) is 4.05. The second kappa shape index (κ2) is 5.41. The van der Waals surface area contributed by atoms with Crippen LogP contribution in [-0.2, 0) is 6.42 Å². The minimum Gasteiger partial charge on any atom is -0.316 e. The van der Waals surface area contributed by atoms with Crippen molar-refractivity contribution < 1.29 is 4.39 Å². The van der Waals surface area contributed by atoms with Gasteiger partial charge in [0.25, 0.3) is 0 Å². The third-order valence-corrected chi connectivity index (χ3v) is 5.43. The third kappa shape index (κ3) is 2.66. The molecule has 0 amide bonds. The number of benzene rings is 1. The van der Waals surface area contributed by atoms with E-state index >= 15 is 0 Å². The van der Waals surface area contributed by atoms with Gasteiger partial charge < -0.3 is 5.32 Å². The van der Waals surface area contributed by atoms with E-state index in [0.29, 0.717) is 6.04 Å². The quantitative estimate of drug-likeness (QED) is 0.878. The summed E-state index contributed by atoms with van der Waals surface area (Å²) in [6.45, 7) is 0. The summed E-state index contributed by atoms with van der Waals surface area (Å²) in [5, 5.41) is 3.67. The van der Waals surface area contributed by atoms with Gasteiger partial charge in [0.05, 0.1) is 5.02 Å². The van der Waals surface area contributed by atoms with Gasteiger partial charge in [-0.2, -0.15) is 0 Å². The largest absolute Gasteiger partial charge is 0.316 e. The smallest absolute Gasteiger partial charge is 0.142 e. The fourth-order valence-corrected chi connectivity index (χ4v) is 4.29. The van der Waals surface area contributed by atoms with Gasteiger partial charge in [0.15, 0.2) is 0 Å². The van der Waals surface area contributed by atoms with E-state index in [-0.39, 0.29) is 10.8 Å². The molecular weight excluding hydrogens is 261 g/mol. The summed E-state index contributed by atoms with van der Waals surface area (Å²) in [6.07, 6.45) is 6.48. The lowest BCUT2D eigenvalue weighted by molar-refractivity contribution is 0.255. The fourth-order valence-electron chi connectivity index (χ4n) is 4.17. The summed E-state index contributed by atoms with van der Waals surface area (Å²) < 4.78 is 13.5. The number of rotatable bonds is 4. The first-order chi connectivity index (χ1) is 9.17. The zero-order chi connectivity index (χ0) is 13.4. The monoisotopic (exact) mass is 281 g/mol. The maximum Gasteiger partial charge on any atom is 0.142 e. The van der Waals surface area contributed by atoms with Gasteiger partial charge in [-0.1, -0.05) is 24.1 Å². The van der Waals surface area contributed by atoms with Crippen molar-refractivity contribution in [2.24, 2.45) is 17.8 Å². The first kappa shape index (κ1) is 13.4. The summed E-state index contributed by atoms with van der Waals surface area (Å²) >= 11 is 5.74. The van der Waals surface area contributed by atoms with Gasteiger partial charge in [0, 0.05) is 6.04 Å². The topological polar surface area (TPSA) is 12.0 Å². The number of hydrogen-bond donors (Lipinski definition) is 1. The van der Waals surface area contributed by atoms with Crippen molar-refractivity contribution in [3.05, 3.63) is 34.6 Å². The molecule has 1 N–H and O–H groups in total. The van der Waals surface area contributed by atoms with Crippen molar-refractivity contribution in [3.63, 3.8) is 0 Å². The van der Waals surface area contributed by atoms with Crippen molar-refractivity contribution in [2.45, 2.75) is 38.1 Å². The molecule has 104 valence electrons. The SMILES string of the molecule is CNC(Cc1ccc(Cl)c(F)c1)C1CC2CCC1C2. The highest BCUT2D eigenvalue weighted by Crippen LogP contribution is 2.49. The van der Waals surface area contributed by atoms with E-state index in [1.54, 1.807) is 12.1 Å². The average Bonchev–Trinajstić information content (AvgIpc) is 3.02. The minimum absolute atomic E-state index is 0.213. The zero-order valence-corrected chi connectivity index (χ0v) is 12.1. The molecule has 2 bridgehead atoms. The summed E-state index contributed by atoms with van der Waals surface area (Å²) in [5.41, 5.74) is 1.05. The second-order valence-electron chi connectivity index (χ2n) is 6.19. The Kier molecular flexibility index (Phi) is 3.81. The Bertz CT molecular complexity index is 462. The second-order valence-corrected chi connectivity index (χ2v) is 6.59. The highest BCUT2D eigenvalue weighted by atomic mass is 35.5. The maximum atomic E-state index is 13.5. The van der Waals surface area contributed by atoms with E-state index in [1.807, 2.05) is 13.1 Å². The molecule has 3 heteroatoms. The van der Waals surface area contributed by atoms with Crippen LogP contribution in [0.2, 0.25) is 5.02 Å². The highest BCUT2D eigenvalue weighted by molar-refractivity contribution is 6.30. The number of nitrogens with one attached hydrogen (secondary N) is 1. The Hall–Kier alpha value is -0.600. The van der Waals surface area contributed by atoms with Crippen LogP contribution in [-0.4, -0.2) is 13.1 Å². The third-order valence-electron chi connectivity index (χ3n) is 5.12. The van der Waals surface area contributed by atoms with Crippen LogP contribution in [0.25, 0.3) is 0 Å². The van der Waals surface area contributed by atoms with Crippen LogP contribution >= 0.6 is 11.6 Å². The van der Waals surface area contributed by atoms with E-state index in [0.717, 1.165) is 29.7 Å². The molecule has 2 saturated carbocycles. The van der Waals surface area contributed by atoms with Crippen LogP contribution in [0.5, 0.6) is 0 Å². The molecule has 3 rings (SSSR count). The van der Waals surface area contributed by atoms with E-state index in [1.165, 1.54) is 25.7 Å². The molecule has 0 radical (unpaired) electrons. The molecule has 0 aliphatic heterocycles. The van der Waals surface area contributed by atoms with Gasteiger partial charge >= 0.3 is 0 Å². The Labute approximate surface area is 119 Å². The Morgan fingerprint density at radius 3 is 2.79 bits per heavy atom. The standard InChI is InChI=1S/C16H21ClFN/c1-19-16(13-7-10-2-4-12(13)6-10)9-11-3-5-14(17)15(18)8-11/h3,5,8,10,12-13,16,19H,2,4,6-7,9H2,1H3. The molecule has 2 aliphatic rings. The van der Waals surface area contributed by atoms with Crippen molar-refractivity contribution in [2.75, 3.05) is 7.05 Å². The van der Waals surface area contributed by atoms with Crippen LogP contribution in [0.4, 0.5) is 4.39 Å². The normalized spacial score (nSPS) is 30.8. The lowest BCUT2D eigenvalue weighted by Crippen LogP contribution is -2.38. The average molecular weight is 282 g/mol. The number of fused-ring (bicyclic) bond motifs is 2. The summed E-state index contributed by atoms with van der Waals surface area (Å²) in [5.74, 6) is 2.30. The molecular formula is C16H21ClFN. The van der Waals surface area contributed by atoms with Crippen molar-refractivity contribution in [3.8, 4) is 0 Å². The van der Waals surface area contributed by atoms with E-state index in [9.17, 15) is 4.39 Å².